The lowest BCUT2D eigenvalue weighted by atomic mass is 10.0. The standard InChI is InChI=1S/C17H23NO2/c1-4-11-19-15-8-6-14(7-9-15)16(18-5-2)17-13(3)10-12-20-17/h6-10,12,16,18H,4-5,11H2,1-3H3. The third-order valence-electron chi connectivity index (χ3n) is 3.26. The lowest BCUT2D eigenvalue weighted by Crippen LogP contribution is -2.22. The maximum absolute atomic E-state index is 5.63. The van der Waals surface area contributed by atoms with Gasteiger partial charge in [-0.1, -0.05) is 26.0 Å². The van der Waals surface area contributed by atoms with Crippen LogP contribution in [0.25, 0.3) is 0 Å². The maximum atomic E-state index is 5.63. The molecule has 0 aliphatic heterocycles. The first-order valence-electron chi connectivity index (χ1n) is 7.26. The minimum atomic E-state index is 0.0928. The molecule has 0 saturated heterocycles. The summed E-state index contributed by atoms with van der Waals surface area (Å²) in [5, 5.41) is 3.47. The van der Waals surface area contributed by atoms with E-state index in [0.717, 1.165) is 31.1 Å². The van der Waals surface area contributed by atoms with Gasteiger partial charge in [0.1, 0.15) is 11.5 Å². The van der Waals surface area contributed by atoms with Crippen LogP contribution in [0.4, 0.5) is 0 Å². The summed E-state index contributed by atoms with van der Waals surface area (Å²) >= 11 is 0. The molecule has 3 heteroatoms. The number of hydrogen-bond acceptors (Lipinski definition) is 3. The average molecular weight is 273 g/mol. The number of rotatable bonds is 7. The Kier molecular flexibility index (Phi) is 5.24. The van der Waals surface area contributed by atoms with Crippen LogP contribution in [0.2, 0.25) is 0 Å². The van der Waals surface area contributed by atoms with Crippen LogP contribution in [0.3, 0.4) is 0 Å². The minimum Gasteiger partial charge on any atom is -0.494 e. The second kappa shape index (κ2) is 7.15. The zero-order valence-corrected chi connectivity index (χ0v) is 12.5. The Balaban J connectivity index is 2.19. The minimum absolute atomic E-state index is 0.0928. The van der Waals surface area contributed by atoms with Crippen LogP contribution in [-0.4, -0.2) is 13.2 Å². The fraction of sp³-hybridized carbons (Fsp3) is 0.412. The van der Waals surface area contributed by atoms with E-state index < -0.39 is 0 Å². The second-order valence-corrected chi connectivity index (χ2v) is 4.88. The number of aryl methyl sites for hydroxylation is 1. The van der Waals surface area contributed by atoms with E-state index in [2.05, 4.69) is 38.2 Å². The fourth-order valence-electron chi connectivity index (χ4n) is 2.22. The Morgan fingerprint density at radius 2 is 1.90 bits per heavy atom. The van der Waals surface area contributed by atoms with Gasteiger partial charge in [0.25, 0.3) is 0 Å². The summed E-state index contributed by atoms with van der Waals surface area (Å²) in [6, 6.07) is 10.3. The molecule has 1 heterocycles. The zero-order valence-electron chi connectivity index (χ0n) is 12.5. The summed E-state index contributed by atoms with van der Waals surface area (Å²) in [6.07, 6.45) is 2.76. The quantitative estimate of drug-likeness (QED) is 0.825. The van der Waals surface area contributed by atoms with E-state index >= 15 is 0 Å². The highest BCUT2D eigenvalue weighted by molar-refractivity contribution is 5.34. The van der Waals surface area contributed by atoms with Crippen LogP contribution in [0.15, 0.2) is 41.0 Å². The second-order valence-electron chi connectivity index (χ2n) is 4.88. The molecule has 0 saturated carbocycles. The Labute approximate surface area is 121 Å². The van der Waals surface area contributed by atoms with Crippen molar-refractivity contribution in [2.75, 3.05) is 13.2 Å². The van der Waals surface area contributed by atoms with Gasteiger partial charge in [0.05, 0.1) is 18.9 Å². The van der Waals surface area contributed by atoms with Crippen molar-refractivity contribution in [3.63, 3.8) is 0 Å². The highest BCUT2D eigenvalue weighted by atomic mass is 16.5. The molecule has 1 atom stereocenters. The van der Waals surface area contributed by atoms with Crippen molar-refractivity contribution in [3.05, 3.63) is 53.5 Å². The van der Waals surface area contributed by atoms with Crippen LogP contribution in [-0.2, 0) is 0 Å². The van der Waals surface area contributed by atoms with Crippen LogP contribution in [0.5, 0.6) is 5.75 Å². The molecule has 20 heavy (non-hydrogen) atoms. The first-order valence-corrected chi connectivity index (χ1v) is 7.26. The van der Waals surface area contributed by atoms with Gasteiger partial charge < -0.3 is 14.5 Å². The Morgan fingerprint density at radius 3 is 2.45 bits per heavy atom. The molecule has 2 aromatic rings. The van der Waals surface area contributed by atoms with Gasteiger partial charge >= 0.3 is 0 Å². The Hall–Kier alpha value is -1.74. The molecule has 108 valence electrons. The molecule has 0 aliphatic rings. The van der Waals surface area contributed by atoms with Gasteiger partial charge in [-0.05, 0) is 49.2 Å². The first kappa shape index (κ1) is 14.7. The van der Waals surface area contributed by atoms with E-state index in [1.54, 1.807) is 6.26 Å². The van der Waals surface area contributed by atoms with Gasteiger partial charge in [-0.3, -0.25) is 0 Å². The monoisotopic (exact) mass is 273 g/mol. The first-order chi connectivity index (χ1) is 9.76. The number of nitrogens with one attached hydrogen (secondary N) is 1. The molecule has 2 rings (SSSR count). The fourth-order valence-corrected chi connectivity index (χ4v) is 2.22. The van der Waals surface area contributed by atoms with Gasteiger partial charge in [0.2, 0.25) is 0 Å². The summed E-state index contributed by atoms with van der Waals surface area (Å²) in [4.78, 5) is 0. The molecule has 1 unspecified atom stereocenters. The van der Waals surface area contributed by atoms with Crippen molar-refractivity contribution < 1.29 is 9.15 Å². The molecule has 0 bridgehead atoms. The van der Waals surface area contributed by atoms with Gasteiger partial charge in [-0.15, -0.1) is 0 Å². The van der Waals surface area contributed by atoms with E-state index in [9.17, 15) is 0 Å². The van der Waals surface area contributed by atoms with E-state index in [1.807, 2.05) is 18.2 Å². The number of furan rings is 1. The smallest absolute Gasteiger partial charge is 0.128 e. The van der Waals surface area contributed by atoms with E-state index in [4.69, 9.17) is 9.15 Å². The molecule has 0 spiro atoms. The summed E-state index contributed by atoms with van der Waals surface area (Å²) < 4.78 is 11.3. The maximum Gasteiger partial charge on any atom is 0.128 e. The van der Waals surface area contributed by atoms with Crippen LogP contribution < -0.4 is 10.1 Å². The predicted molar refractivity (Wildman–Crippen MR) is 81.2 cm³/mol. The third-order valence-corrected chi connectivity index (χ3v) is 3.26. The van der Waals surface area contributed by atoms with E-state index in [0.29, 0.717) is 0 Å². The molecular formula is C17H23NO2. The van der Waals surface area contributed by atoms with Crippen molar-refractivity contribution in [1.82, 2.24) is 5.32 Å². The molecule has 0 fully saturated rings. The molecule has 0 amide bonds. The molecule has 0 aliphatic carbocycles. The van der Waals surface area contributed by atoms with Crippen LogP contribution in [0, 0.1) is 6.92 Å². The van der Waals surface area contributed by atoms with Crippen molar-refractivity contribution in [2.45, 2.75) is 33.2 Å². The highest BCUT2D eigenvalue weighted by Crippen LogP contribution is 2.27. The van der Waals surface area contributed by atoms with Crippen molar-refractivity contribution in [1.29, 1.82) is 0 Å². The third kappa shape index (κ3) is 3.42. The number of ether oxygens (including phenoxy) is 1. The largest absolute Gasteiger partial charge is 0.494 e. The summed E-state index contributed by atoms with van der Waals surface area (Å²) in [5.74, 6) is 1.90. The van der Waals surface area contributed by atoms with Crippen molar-refractivity contribution in [3.8, 4) is 5.75 Å². The topological polar surface area (TPSA) is 34.4 Å². The summed E-state index contributed by atoms with van der Waals surface area (Å²) in [5.41, 5.74) is 2.36. The SMILES string of the molecule is CCCOc1ccc(C(NCC)c2occc2C)cc1. The lowest BCUT2D eigenvalue weighted by Gasteiger charge is -2.17. The normalized spacial score (nSPS) is 12.3. The summed E-state index contributed by atoms with van der Waals surface area (Å²) in [7, 11) is 0. The summed E-state index contributed by atoms with van der Waals surface area (Å²) in [6.45, 7) is 7.92. The Morgan fingerprint density at radius 1 is 1.15 bits per heavy atom. The molecule has 1 aromatic carbocycles. The van der Waals surface area contributed by atoms with Crippen LogP contribution >= 0.6 is 0 Å². The van der Waals surface area contributed by atoms with Gasteiger partial charge in [-0.2, -0.15) is 0 Å². The van der Waals surface area contributed by atoms with E-state index in [1.165, 1.54) is 11.1 Å². The van der Waals surface area contributed by atoms with Crippen molar-refractivity contribution in [2.24, 2.45) is 0 Å². The van der Waals surface area contributed by atoms with E-state index in [-0.39, 0.29) is 6.04 Å². The zero-order chi connectivity index (χ0) is 14.4. The van der Waals surface area contributed by atoms with Crippen molar-refractivity contribution >= 4 is 0 Å². The lowest BCUT2D eigenvalue weighted by molar-refractivity contribution is 0.317. The molecule has 0 radical (unpaired) electrons. The Bertz CT molecular complexity index is 516. The number of hydrogen-bond donors (Lipinski definition) is 1. The van der Waals surface area contributed by atoms with Gasteiger partial charge in [0, 0.05) is 0 Å². The van der Waals surface area contributed by atoms with Crippen LogP contribution in [0.1, 0.15) is 43.2 Å². The number of benzene rings is 1. The molecule has 3 nitrogen and oxygen atoms in total. The molecule has 1 N–H and O–H groups in total. The van der Waals surface area contributed by atoms with Gasteiger partial charge in [-0.25, -0.2) is 0 Å². The predicted octanol–water partition coefficient (Wildman–Crippen LogP) is 4.08. The molecular weight excluding hydrogens is 250 g/mol. The highest BCUT2D eigenvalue weighted by Gasteiger charge is 2.18. The molecule has 1 aromatic heterocycles. The average Bonchev–Trinajstić information content (AvgIpc) is 2.89. The van der Waals surface area contributed by atoms with Gasteiger partial charge in [0.15, 0.2) is 0 Å².